The summed E-state index contributed by atoms with van der Waals surface area (Å²) in [5, 5.41) is 20.2. The van der Waals surface area contributed by atoms with Gasteiger partial charge >= 0.3 is 0 Å². The van der Waals surface area contributed by atoms with E-state index in [9.17, 15) is 5.11 Å². The first-order valence-electron chi connectivity index (χ1n) is 9.81. The largest absolute Gasteiger partial charge is 0.504 e. The van der Waals surface area contributed by atoms with Crippen molar-refractivity contribution in [2.24, 2.45) is 7.05 Å². The smallest absolute Gasteiger partial charge is 0.191 e. The van der Waals surface area contributed by atoms with Crippen molar-refractivity contribution in [2.75, 3.05) is 39.2 Å². The van der Waals surface area contributed by atoms with E-state index in [1.165, 1.54) is 0 Å². The van der Waals surface area contributed by atoms with Crippen LogP contribution >= 0.6 is 11.8 Å². The number of rotatable bonds is 9. The summed E-state index contributed by atoms with van der Waals surface area (Å²) in [6.45, 7) is 5.86. The highest BCUT2D eigenvalue weighted by molar-refractivity contribution is 7.99. The Bertz CT molecular complexity index is 760. The molecule has 0 amide bonds. The minimum Gasteiger partial charge on any atom is -0.504 e. The van der Waals surface area contributed by atoms with Crippen molar-refractivity contribution in [3.05, 3.63) is 29.6 Å². The third-order valence-corrected chi connectivity index (χ3v) is 6.10. The summed E-state index contributed by atoms with van der Waals surface area (Å²) in [4.78, 5) is 2.38. The predicted molar refractivity (Wildman–Crippen MR) is 110 cm³/mol. The molecule has 8 heteroatoms. The molecule has 1 aromatic carbocycles. The number of para-hydroxylation sites is 1. The van der Waals surface area contributed by atoms with E-state index < -0.39 is 0 Å². The summed E-state index contributed by atoms with van der Waals surface area (Å²) in [6, 6.07) is 5.72. The van der Waals surface area contributed by atoms with Crippen LogP contribution in [0.3, 0.4) is 0 Å². The Hall–Kier alpha value is -1.77. The fraction of sp³-hybridized carbons (Fsp3) is 0.600. The fourth-order valence-corrected chi connectivity index (χ4v) is 4.40. The number of ether oxygens (including phenoxy) is 2. The Morgan fingerprint density at radius 1 is 1.25 bits per heavy atom. The molecule has 0 spiro atoms. The van der Waals surface area contributed by atoms with Gasteiger partial charge in [-0.2, -0.15) is 0 Å². The van der Waals surface area contributed by atoms with Crippen molar-refractivity contribution in [1.82, 2.24) is 19.7 Å². The molecule has 2 heterocycles. The normalized spacial score (nSPS) is 15.8. The van der Waals surface area contributed by atoms with Crippen molar-refractivity contribution < 1.29 is 14.6 Å². The second-order valence-electron chi connectivity index (χ2n) is 6.99. The zero-order chi connectivity index (χ0) is 19.9. The molecule has 154 valence electrons. The van der Waals surface area contributed by atoms with Gasteiger partial charge in [0.05, 0.1) is 13.2 Å². The number of nitrogens with zero attached hydrogens (tertiary/aromatic N) is 4. The number of likely N-dealkylation sites (tertiary alicyclic amines) is 1. The number of thioether (sulfide) groups is 1. The lowest BCUT2D eigenvalue weighted by molar-refractivity contribution is 0.197. The summed E-state index contributed by atoms with van der Waals surface area (Å²) in [5.41, 5.74) is 0.917. The molecule has 1 saturated heterocycles. The molecule has 0 radical (unpaired) electrons. The van der Waals surface area contributed by atoms with Crippen LogP contribution < -0.4 is 4.74 Å². The quantitative estimate of drug-likeness (QED) is 0.507. The van der Waals surface area contributed by atoms with Gasteiger partial charge in [-0.25, -0.2) is 0 Å². The molecule has 1 aromatic heterocycles. The molecule has 3 rings (SSSR count). The lowest BCUT2D eigenvalue weighted by atomic mass is 9.95. The van der Waals surface area contributed by atoms with Gasteiger partial charge in [0.1, 0.15) is 5.82 Å². The SMILES string of the molecule is CCOc1cccc(CN2CCC(c3nnc(SCCOC)n3C)CC2)c1O. The second-order valence-corrected chi connectivity index (χ2v) is 8.05. The van der Waals surface area contributed by atoms with Gasteiger partial charge in [0, 0.05) is 37.9 Å². The maximum absolute atomic E-state index is 10.4. The van der Waals surface area contributed by atoms with Gasteiger partial charge in [-0.15, -0.1) is 10.2 Å². The number of hydrogen-bond donors (Lipinski definition) is 1. The van der Waals surface area contributed by atoms with Crippen molar-refractivity contribution in [3.8, 4) is 11.5 Å². The molecule has 2 aromatic rings. The van der Waals surface area contributed by atoms with Crippen LogP contribution in [0.2, 0.25) is 0 Å². The number of phenolic OH excluding ortho intramolecular Hbond substituents is 1. The van der Waals surface area contributed by atoms with E-state index in [2.05, 4.69) is 19.7 Å². The first-order valence-corrected chi connectivity index (χ1v) is 10.8. The maximum atomic E-state index is 10.4. The van der Waals surface area contributed by atoms with Crippen LogP contribution in [0.1, 0.15) is 37.1 Å². The Morgan fingerprint density at radius 2 is 2.04 bits per heavy atom. The first-order chi connectivity index (χ1) is 13.6. The van der Waals surface area contributed by atoms with Crippen molar-refractivity contribution in [2.45, 2.75) is 37.4 Å². The van der Waals surface area contributed by atoms with Crippen molar-refractivity contribution in [1.29, 1.82) is 0 Å². The van der Waals surface area contributed by atoms with Gasteiger partial charge in [0.2, 0.25) is 0 Å². The molecule has 1 fully saturated rings. The summed E-state index contributed by atoms with van der Waals surface area (Å²) < 4.78 is 12.7. The number of piperidine rings is 1. The highest BCUT2D eigenvalue weighted by Gasteiger charge is 2.26. The Balaban J connectivity index is 1.56. The lowest BCUT2D eigenvalue weighted by Gasteiger charge is -2.31. The molecule has 0 aliphatic carbocycles. The van der Waals surface area contributed by atoms with Crippen LogP contribution in [0.5, 0.6) is 11.5 Å². The maximum Gasteiger partial charge on any atom is 0.191 e. The van der Waals surface area contributed by atoms with Gasteiger partial charge in [-0.05, 0) is 38.9 Å². The van der Waals surface area contributed by atoms with Gasteiger partial charge in [0.15, 0.2) is 16.7 Å². The molecule has 28 heavy (non-hydrogen) atoms. The van der Waals surface area contributed by atoms with Gasteiger partial charge in [-0.3, -0.25) is 4.90 Å². The molecule has 1 aliphatic rings. The summed E-state index contributed by atoms with van der Waals surface area (Å²) in [6.07, 6.45) is 2.08. The van der Waals surface area contributed by atoms with E-state index in [4.69, 9.17) is 9.47 Å². The number of phenols is 1. The third kappa shape index (κ3) is 4.98. The number of aromatic nitrogens is 3. The van der Waals surface area contributed by atoms with E-state index in [1.54, 1.807) is 18.9 Å². The van der Waals surface area contributed by atoms with Crippen LogP contribution in [0.25, 0.3) is 0 Å². The minimum absolute atomic E-state index is 0.262. The first kappa shape index (κ1) is 21.0. The summed E-state index contributed by atoms with van der Waals surface area (Å²) >= 11 is 1.68. The molecule has 0 bridgehead atoms. The van der Waals surface area contributed by atoms with Crippen LogP contribution in [-0.2, 0) is 18.3 Å². The van der Waals surface area contributed by atoms with Crippen LogP contribution in [-0.4, -0.2) is 63.9 Å². The Kier molecular flexibility index (Phi) is 7.58. The van der Waals surface area contributed by atoms with Gasteiger partial charge in [-0.1, -0.05) is 23.9 Å². The molecule has 1 N–H and O–H groups in total. The summed E-state index contributed by atoms with van der Waals surface area (Å²) in [5.74, 6) is 3.20. The average Bonchev–Trinajstić information content (AvgIpc) is 3.07. The zero-order valence-corrected chi connectivity index (χ0v) is 17.7. The molecule has 0 unspecified atom stereocenters. The molecule has 0 saturated carbocycles. The Labute approximate surface area is 171 Å². The fourth-order valence-electron chi connectivity index (χ4n) is 3.58. The molecular weight excluding hydrogens is 376 g/mol. The lowest BCUT2D eigenvalue weighted by Crippen LogP contribution is -2.33. The number of benzene rings is 1. The Morgan fingerprint density at radius 3 is 2.75 bits per heavy atom. The molecule has 7 nitrogen and oxygen atoms in total. The van der Waals surface area contributed by atoms with Crippen LogP contribution in [0.4, 0.5) is 0 Å². The monoisotopic (exact) mass is 406 g/mol. The molecule has 0 atom stereocenters. The second kappa shape index (κ2) is 10.1. The average molecular weight is 407 g/mol. The highest BCUT2D eigenvalue weighted by atomic mass is 32.2. The van der Waals surface area contributed by atoms with Gasteiger partial charge in [0.25, 0.3) is 0 Å². The van der Waals surface area contributed by atoms with E-state index in [0.717, 1.165) is 54.8 Å². The zero-order valence-electron chi connectivity index (χ0n) is 16.9. The highest BCUT2D eigenvalue weighted by Crippen LogP contribution is 2.33. The number of methoxy groups -OCH3 is 1. The van der Waals surface area contributed by atoms with Crippen LogP contribution in [0, 0.1) is 0 Å². The van der Waals surface area contributed by atoms with E-state index in [-0.39, 0.29) is 5.75 Å². The van der Waals surface area contributed by atoms with Gasteiger partial charge < -0.3 is 19.1 Å². The number of aromatic hydroxyl groups is 1. The number of hydrogen-bond acceptors (Lipinski definition) is 7. The van der Waals surface area contributed by atoms with E-state index in [0.29, 0.717) is 24.9 Å². The summed E-state index contributed by atoms with van der Waals surface area (Å²) in [7, 11) is 3.76. The topological polar surface area (TPSA) is 72.6 Å². The predicted octanol–water partition coefficient (Wildman–Crippen LogP) is 3.04. The van der Waals surface area contributed by atoms with Crippen LogP contribution in [0.15, 0.2) is 23.4 Å². The molecular formula is C20H30N4O3S. The van der Waals surface area contributed by atoms with E-state index >= 15 is 0 Å². The standard InChI is InChI=1S/C20H30N4O3S/c1-4-27-17-7-5-6-16(18(17)25)14-24-10-8-15(9-11-24)19-21-22-20(23(19)2)28-13-12-26-3/h5-7,15,25H,4,8-14H2,1-3H3. The third-order valence-electron chi connectivity index (χ3n) is 5.12. The molecule has 1 aliphatic heterocycles. The minimum atomic E-state index is 0.262. The van der Waals surface area contributed by atoms with Crippen molar-refractivity contribution in [3.63, 3.8) is 0 Å². The van der Waals surface area contributed by atoms with E-state index in [1.807, 2.05) is 32.2 Å². The van der Waals surface area contributed by atoms with Crippen molar-refractivity contribution >= 4 is 11.8 Å².